The lowest BCUT2D eigenvalue weighted by molar-refractivity contribution is 0.447. The first-order valence-corrected chi connectivity index (χ1v) is 4.84. The molecule has 0 aliphatic heterocycles. The van der Waals surface area contributed by atoms with Crippen LogP contribution in [0.3, 0.4) is 0 Å². The molecule has 0 aliphatic rings. The van der Waals surface area contributed by atoms with Crippen molar-refractivity contribution in [3.05, 3.63) is 27.4 Å². The molecule has 0 aromatic carbocycles. The highest BCUT2D eigenvalue weighted by atomic mass is 79.9. The van der Waals surface area contributed by atoms with Crippen LogP contribution in [0.4, 0.5) is 0 Å². The molecule has 0 saturated carbocycles. The van der Waals surface area contributed by atoms with Gasteiger partial charge in [-0.1, -0.05) is 0 Å². The van der Waals surface area contributed by atoms with Crippen molar-refractivity contribution in [2.45, 2.75) is 0 Å². The zero-order chi connectivity index (χ0) is 11.0. The number of rotatable bonds is 1. The molecule has 2 heterocycles. The fourth-order valence-electron chi connectivity index (χ4n) is 1.15. The molecular formula is C8H7BrN4O2. The topological polar surface area (TPSA) is 83.8 Å². The van der Waals surface area contributed by atoms with E-state index in [1.807, 2.05) is 0 Å². The van der Waals surface area contributed by atoms with E-state index >= 15 is 0 Å². The van der Waals surface area contributed by atoms with Gasteiger partial charge in [0.15, 0.2) is 5.82 Å². The summed E-state index contributed by atoms with van der Waals surface area (Å²) in [6.45, 7) is 0. The minimum atomic E-state index is -0.432. The third-order valence-corrected chi connectivity index (χ3v) is 2.62. The molecule has 2 N–H and O–H groups in total. The van der Waals surface area contributed by atoms with Crippen LogP contribution in [0.5, 0.6) is 5.88 Å². The van der Waals surface area contributed by atoms with Crippen molar-refractivity contribution in [2.75, 3.05) is 0 Å². The quantitative estimate of drug-likeness (QED) is 0.797. The maximum atomic E-state index is 11.3. The monoisotopic (exact) mass is 270 g/mol. The molecule has 0 saturated heterocycles. The Morgan fingerprint density at radius 2 is 2.33 bits per heavy atom. The Kier molecular flexibility index (Phi) is 2.31. The average Bonchev–Trinajstić information content (AvgIpc) is 2.60. The van der Waals surface area contributed by atoms with Crippen molar-refractivity contribution in [1.82, 2.24) is 19.5 Å². The number of H-pyrrole nitrogens is 1. The highest BCUT2D eigenvalue weighted by molar-refractivity contribution is 9.10. The van der Waals surface area contributed by atoms with Crippen molar-refractivity contribution >= 4 is 15.9 Å². The van der Waals surface area contributed by atoms with E-state index in [9.17, 15) is 9.90 Å². The van der Waals surface area contributed by atoms with E-state index in [-0.39, 0.29) is 16.2 Å². The van der Waals surface area contributed by atoms with E-state index in [2.05, 4.69) is 30.9 Å². The number of aromatic hydroxyl groups is 1. The van der Waals surface area contributed by atoms with Gasteiger partial charge in [0.1, 0.15) is 10.2 Å². The minimum Gasteiger partial charge on any atom is -0.492 e. The first-order chi connectivity index (χ1) is 7.09. The number of nitrogens with zero attached hydrogens (tertiary/aromatic N) is 3. The minimum absolute atomic E-state index is 0.0217. The number of aromatic amines is 1. The van der Waals surface area contributed by atoms with Gasteiger partial charge in [0, 0.05) is 7.05 Å². The SMILES string of the molecule is Cn1cncc1-c1nc(O)c(Br)c(=O)[nH]1. The van der Waals surface area contributed by atoms with Gasteiger partial charge in [0.2, 0.25) is 5.88 Å². The molecule has 0 unspecified atom stereocenters. The van der Waals surface area contributed by atoms with Crippen molar-refractivity contribution in [2.24, 2.45) is 7.05 Å². The maximum absolute atomic E-state index is 11.3. The Bertz CT molecular complexity index is 560. The molecule has 0 bridgehead atoms. The maximum Gasteiger partial charge on any atom is 0.269 e. The second-order valence-corrected chi connectivity index (χ2v) is 3.73. The lowest BCUT2D eigenvalue weighted by Gasteiger charge is -2.02. The van der Waals surface area contributed by atoms with E-state index in [0.717, 1.165) is 0 Å². The van der Waals surface area contributed by atoms with Crippen LogP contribution in [0.15, 0.2) is 21.8 Å². The number of aromatic nitrogens is 4. The molecule has 7 heteroatoms. The smallest absolute Gasteiger partial charge is 0.269 e. The lowest BCUT2D eigenvalue weighted by Crippen LogP contribution is -2.10. The Morgan fingerprint density at radius 1 is 1.60 bits per heavy atom. The molecule has 78 valence electrons. The number of imidazole rings is 1. The van der Waals surface area contributed by atoms with Gasteiger partial charge >= 0.3 is 0 Å². The fraction of sp³-hybridized carbons (Fsp3) is 0.125. The lowest BCUT2D eigenvalue weighted by atomic mass is 10.4. The molecule has 0 aliphatic carbocycles. The van der Waals surface area contributed by atoms with Gasteiger partial charge < -0.3 is 14.7 Å². The molecule has 6 nitrogen and oxygen atoms in total. The molecule has 15 heavy (non-hydrogen) atoms. The van der Waals surface area contributed by atoms with Crippen LogP contribution < -0.4 is 5.56 Å². The standard InChI is InChI=1S/C8H7BrN4O2/c1-13-3-10-2-4(13)6-11-7(14)5(9)8(15)12-6/h2-3H,1H3,(H2,11,12,14,15). The second-order valence-electron chi connectivity index (χ2n) is 2.94. The Balaban J connectivity index is 2.66. The molecule has 0 fully saturated rings. The number of hydrogen-bond acceptors (Lipinski definition) is 4. The van der Waals surface area contributed by atoms with Gasteiger partial charge in [0.05, 0.1) is 12.5 Å². The largest absolute Gasteiger partial charge is 0.492 e. The van der Waals surface area contributed by atoms with E-state index in [4.69, 9.17) is 0 Å². The molecule has 2 aromatic heterocycles. The van der Waals surface area contributed by atoms with Gasteiger partial charge in [-0.15, -0.1) is 0 Å². The number of hydrogen-bond donors (Lipinski definition) is 2. The summed E-state index contributed by atoms with van der Waals surface area (Å²) in [7, 11) is 1.77. The summed E-state index contributed by atoms with van der Waals surface area (Å²) in [4.78, 5) is 21.6. The summed E-state index contributed by atoms with van der Waals surface area (Å²) in [5, 5.41) is 9.36. The summed E-state index contributed by atoms with van der Waals surface area (Å²) in [6.07, 6.45) is 3.13. The van der Waals surface area contributed by atoms with Crippen LogP contribution in [0.25, 0.3) is 11.5 Å². The Labute approximate surface area is 92.8 Å². The van der Waals surface area contributed by atoms with Crippen LogP contribution in [0, 0.1) is 0 Å². The summed E-state index contributed by atoms with van der Waals surface area (Å²) < 4.78 is 1.71. The van der Waals surface area contributed by atoms with Gasteiger partial charge in [-0.2, -0.15) is 4.98 Å². The van der Waals surface area contributed by atoms with E-state index in [1.165, 1.54) is 0 Å². The van der Waals surface area contributed by atoms with Crippen molar-refractivity contribution in [3.63, 3.8) is 0 Å². The molecule has 0 amide bonds. The third-order valence-electron chi connectivity index (χ3n) is 1.90. The predicted octanol–water partition coefficient (Wildman–Crippen LogP) is 0.638. The van der Waals surface area contributed by atoms with Gasteiger partial charge in [-0.05, 0) is 15.9 Å². The molecule has 0 spiro atoms. The van der Waals surface area contributed by atoms with Crippen LogP contribution >= 0.6 is 15.9 Å². The molecule has 2 aromatic rings. The highest BCUT2D eigenvalue weighted by Gasteiger charge is 2.10. The van der Waals surface area contributed by atoms with Crippen molar-refractivity contribution in [1.29, 1.82) is 0 Å². The number of aryl methyl sites for hydroxylation is 1. The highest BCUT2D eigenvalue weighted by Crippen LogP contribution is 2.19. The van der Waals surface area contributed by atoms with Gasteiger partial charge in [-0.25, -0.2) is 4.98 Å². The van der Waals surface area contributed by atoms with Gasteiger partial charge in [-0.3, -0.25) is 4.79 Å². The molecule has 0 radical (unpaired) electrons. The summed E-state index contributed by atoms with van der Waals surface area (Å²) >= 11 is 2.92. The normalized spacial score (nSPS) is 10.5. The third kappa shape index (κ3) is 1.65. The Morgan fingerprint density at radius 3 is 2.87 bits per heavy atom. The van der Waals surface area contributed by atoms with Gasteiger partial charge in [0.25, 0.3) is 5.56 Å². The number of nitrogens with one attached hydrogen (secondary N) is 1. The zero-order valence-corrected chi connectivity index (χ0v) is 9.32. The first-order valence-electron chi connectivity index (χ1n) is 4.05. The van der Waals surface area contributed by atoms with Crippen molar-refractivity contribution < 1.29 is 5.11 Å². The predicted molar refractivity (Wildman–Crippen MR) is 56.4 cm³/mol. The zero-order valence-electron chi connectivity index (χ0n) is 7.73. The Hall–Kier alpha value is -1.63. The van der Waals surface area contributed by atoms with Crippen LogP contribution in [0.2, 0.25) is 0 Å². The molecular weight excluding hydrogens is 264 g/mol. The average molecular weight is 271 g/mol. The van der Waals surface area contributed by atoms with Crippen LogP contribution in [-0.2, 0) is 7.05 Å². The van der Waals surface area contributed by atoms with Crippen molar-refractivity contribution in [3.8, 4) is 17.4 Å². The summed E-state index contributed by atoms with van der Waals surface area (Å²) in [6, 6.07) is 0. The van der Waals surface area contributed by atoms with E-state index < -0.39 is 5.56 Å². The molecule has 0 atom stereocenters. The summed E-state index contributed by atoms with van der Waals surface area (Å²) in [5.74, 6) is -0.0596. The summed E-state index contributed by atoms with van der Waals surface area (Å²) in [5.41, 5.74) is 0.189. The van der Waals surface area contributed by atoms with E-state index in [0.29, 0.717) is 5.69 Å². The number of halogens is 1. The first kappa shape index (κ1) is 9.91. The van der Waals surface area contributed by atoms with Crippen LogP contribution in [-0.4, -0.2) is 24.6 Å². The second kappa shape index (κ2) is 3.50. The molecule has 2 rings (SSSR count). The van der Waals surface area contributed by atoms with E-state index in [1.54, 1.807) is 24.1 Å². The van der Waals surface area contributed by atoms with Crippen LogP contribution in [0.1, 0.15) is 0 Å². The fourth-order valence-corrected chi connectivity index (χ4v) is 1.34.